The number of hydrogen-bond acceptors (Lipinski definition) is 4. The van der Waals surface area contributed by atoms with E-state index in [1.807, 2.05) is 0 Å². The van der Waals surface area contributed by atoms with Crippen molar-refractivity contribution >= 4 is 5.91 Å². The summed E-state index contributed by atoms with van der Waals surface area (Å²) in [4.78, 5) is 13.8. The van der Waals surface area contributed by atoms with Gasteiger partial charge in [-0.15, -0.1) is 0 Å². The molecule has 5 heteroatoms. The summed E-state index contributed by atoms with van der Waals surface area (Å²) in [5.74, 6) is 0.603. The summed E-state index contributed by atoms with van der Waals surface area (Å²) in [7, 11) is 0. The van der Waals surface area contributed by atoms with Crippen molar-refractivity contribution in [3.05, 3.63) is 0 Å². The Balaban J connectivity index is 2.30. The number of nitrogens with zero attached hydrogens (tertiary/aromatic N) is 1. The standard InChI is InChI=1S/C11H24N4O/c1-9(2)6-14-11(16)8-15-4-3-13-7-10(15)5-12/h9-10,13H,3-8,12H2,1-2H3,(H,14,16). The van der Waals surface area contributed by atoms with E-state index in [2.05, 4.69) is 29.4 Å². The SMILES string of the molecule is CC(C)CNC(=O)CN1CCNCC1CN. The van der Waals surface area contributed by atoms with E-state index in [1.54, 1.807) is 0 Å². The van der Waals surface area contributed by atoms with E-state index in [0.717, 1.165) is 26.2 Å². The molecule has 0 radical (unpaired) electrons. The predicted octanol–water partition coefficient (Wildman–Crippen LogP) is -1.01. The quantitative estimate of drug-likeness (QED) is 0.564. The summed E-state index contributed by atoms with van der Waals surface area (Å²) in [5, 5.41) is 6.22. The first kappa shape index (κ1) is 13.4. The van der Waals surface area contributed by atoms with Gasteiger partial charge in [-0.3, -0.25) is 9.69 Å². The molecule has 1 atom stereocenters. The molecule has 1 aliphatic rings. The van der Waals surface area contributed by atoms with Crippen LogP contribution in [0.2, 0.25) is 0 Å². The molecule has 1 amide bonds. The Bertz CT molecular complexity index is 220. The zero-order chi connectivity index (χ0) is 12.0. The molecule has 0 saturated carbocycles. The lowest BCUT2D eigenvalue weighted by Crippen LogP contribution is -2.56. The number of carbonyl (C=O) groups excluding carboxylic acids is 1. The molecule has 0 bridgehead atoms. The van der Waals surface area contributed by atoms with Gasteiger partial charge in [-0.05, 0) is 5.92 Å². The maximum absolute atomic E-state index is 11.7. The Labute approximate surface area is 97.7 Å². The summed E-state index contributed by atoms with van der Waals surface area (Å²) < 4.78 is 0. The smallest absolute Gasteiger partial charge is 0.234 e. The highest BCUT2D eigenvalue weighted by Gasteiger charge is 2.22. The fourth-order valence-corrected chi connectivity index (χ4v) is 1.80. The first-order valence-corrected chi connectivity index (χ1v) is 6.05. The molecule has 5 nitrogen and oxygen atoms in total. The maximum Gasteiger partial charge on any atom is 0.234 e. The molecule has 0 aromatic heterocycles. The molecule has 1 fully saturated rings. The van der Waals surface area contributed by atoms with Gasteiger partial charge in [0.25, 0.3) is 0 Å². The summed E-state index contributed by atoms with van der Waals surface area (Å²) in [5.41, 5.74) is 5.68. The largest absolute Gasteiger partial charge is 0.355 e. The van der Waals surface area contributed by atoms with E-state index in [4.69, 9.17) is 5.73 Å². The average Bonchev–Trinajstić information content (AvgIpc) is 2.27. The molecule has 1 unspecified atom stereocenters. The number of nitrogens with one attached hydrogen (secondary N) is 2. The number of carbonyl (C=O) groups is 1. The molecule has 0 aromatic rings. The lowest BCUT2D eigenvalue weighted by molar-refractivity contribution is -0.123. The fourth-order valence-electron chi connectivity index (χ4n) is 1.80. The third-order valence-corrected chi connectivity index (χ3v) is 2.80. The maximum atomic E-state index is 11.7. The van der Waals surface area contributed by atoms with Crippen LogP contribution in [0.3, 0.4) is 0 Å². The zero-order valence-corrected chi connectivity index (χ0v) is 10.3. The highest BCUT2D eigenvalue weighted by atomic mass is 16.2. The molecule has 0 aliphatic carbocycles. The minimum atomic E-state index is 0.106. The normalized spacial score (nSPS) is 22.4. The van der Waals surface area contributed by atoms with Gasteiger partial charge in [-0.1, -0.05) is 13.8 Å². The first-order chi connectivity index (χ1) is 7.63. The summed E-state index contributed by atoms with van der Waals surface area (Å²) in [6.45, 7) is 8.72. The van der Waals surface area contributed by atoms with Crippen LogP contribution in [-0.2, 0) is 4.79 Å². The summed E-state index contributed by atoms with van der Waals surface area (Å²) >= 11 is 0. The van der Waals surface area contributed by atoms with E-state index in [9.17, 15) is 4.79 Å². The van der Waals surface area contributed by atoms with Gasteiger partial charge in [0.2, 0.25) is 5.91 Å². The molecule has 0 aromatic carbocycles. The van der Waals surface area contributed by atoms with Crippen LogP contribution in [0.4, 0.5) is 0 Å². The second kappa shape index (κ2) is 6.83. The summed E-state index contributed by atoms with van der Waals surface area (Å²) in [6, 6.07) is 0.290. The van der Waals surface area contributed by atoms with Crippen molar-refractivity contribution < 1.29 is 4.79 Å². The third kappa shape index (κ3) is 4.47. The van der Waals surface area contributed by atoms with Crippen LogP contribution in [-0.4, -0.2) is 56.1 Å². The second-order valence-electron chi connectivity index (χ2n) is 4.76. The fraction of sp³-hybridized carbons (Fsp3) is 0.909. The van der Waals surface area contributed by atoms with E-state index >= 15 is 0 Å². The van der Waals surface area contributed by atoms with Crippen molar-refractivity contribution in [1.29, 1.82) is 0 Å². The number of nitrogens with two attached hydrogens (primary N) is 1. The lowest BCUT2D eigenvalue weighted by atomic mass is 10.2. The Hall–Kier alpha value is -0.650. The Morgan fingerprint density at radius 3 is 3.00 bits per heavy atom. The summed E-state index contributed by atoms with van der Waals surface area (Å²) in [6.07, 6.45) is 0. The lowest BCUT2D eigenvalue weighted by Gasteiger charge is -2.34. The van der Waals surface area contributed by atoms with Crippen LogP contribution in [0, 0.1) is 5.92 Å². The molecule has 1 aliphatic heterocycles. The van der Waals surface area contributed by atoms with E-state index in [0.29, 0.717) is 25.0 Å². The second-order valence-corrected chi connectivity index (χ2v) is 4.76. The minimum absolute atomic E-state index is 0.106. The van der Waals surface area contributed by atoms with Gasteiger partial charge in [0, 0.05) is 38.8 Å². The number of amides is 1. The van der Waals surface area contributed by atoms with E-state index in [-0.39, 0.29) is 5.91 Å². The van der Waals surface area contributed by atoms with Gasteiger partial charge in [-0.2, -0.15) is 0 Å². The molecule has 4 N–H and O–H groups in total. The van der Waals surface area contributed by atoms with E-state index < -0.39 is 0 Å². The van der Waals surface area contributed by atoms with Gasteiger partial charge >= 0.3 is 0 Å². The van der Waals surface area contributed by atoms with Gasteiger partial charge in [0.1, 0.15) is 0 Å². The van der Waals surface area contributed by atoms with Crippen molar-refractivity contribution in [3.8, 4) is 0 Å². The molecular weight excluding hydrogens is 204 g/mol. The zero-order valence-electron chi connectivity index (χ0n) is 10.3. The monoisotopic (exact) mass is 228 g/mol. The molecule has 16 heavy (non-hydrogen) atoms. The van der Waals surface area contributed by atoms with Crippen LogP contribution in [0.15, 0.2) is 0 Å². The Kier molecular flexibility index (Phi) is 5.73. The number of rotatable bonds is 5. The molecule has 1 rings (SSSR count). The van der Waals surface area contributed by atoms with Crippen molar-refractivity contribution in [3.63, 3.8) is 0 Å². The Morgan fingerprint density at radius 1 is 1.62 bits per heavy atom. The average molecular weight is 228 g/mol. The third-order valence-electron chi connectivity index (χ3n) is 2.80. The first-order valence-electron chi connectivity index (χ1n) is 6.05. The topological polar surface area (TPSA) is 70.4 Å². The van der Waals surface area contributed by atoms with Gasteiger partial charge in [0.15, 0.2) is 0 Å². The van der Waals surface area contributed by atoms with Crippen LogP contribution in [0.25, 0.3) is 0 Å². The van der Waals surface area contributed by atoms with Crippen molar-refractivity contribution in [1.82, 2.24) is 15.5 Å². The van der Waals surface area contributed by atoms with Gasteiger partial charge in [-0.25, -0.2) is 0 Å². The highest BCUT2D eigenvalue weighted by molar-refractivity contribution is 5.78. The van der Waals surface area contributed by atoms with Crippen molar-refractivity contribution in [2.75, 3.05) is 39.3 Å². The van der Waals surface area contributed by atoms with Crippen LogP contribution < -0.4 is 16.4 Å². The predicted molar refractivity (Wildman–Crippen MR) is 65.1 cm³/mol. The molecule has 1 heterocycles. The molecule has 94 valence electrons. The van der Waals surface area contributed by atoms with Gasteiger partial charge in [0.05, 0.1) is 6.54 Å². The van der Waals surface area contributed by atoms with Gasteiger partial charge < -0.3 is 16.4 Å². The molecule has 0 spiro atoms. The van der Waals surface area contributed by atoms with Crippen LogP contribution in [0.5, 0.6) is 0 Å². The molecular formula is C11H24N4O. The minimum Gasteiger partial charge on any atom is -0.355 e. The molecule has 1 saturated heterocycles. The number of piperazine rings is 1. The number of hydrogen-bond donors (Lipinski definition) is 3. The van der Waals surface area contributed by atoms with Crippen LogP contribution in [0.1, 0.15) is 13.8 Å². The van der Waals surface area contributed by atoms with Crippen molar-refractivity contribution in [2.45, 2.75) is 19.9 Å². The van der Waals surface area contributed by atoms with Crippen molar-refractivity contribution in [2.24, 2.45) is 11.7 Å². The Morgan fingerprint density at radius 2 is 2.38 bits per heavy atom. The highest BCUT2D eigenvalue weighted by Crippen LogP contribution is 2.01. The van der Waals surface area contributed by atoms with E-state index in [1.165, 1.54) is 0 Å². The van der Waals surface area contributed by atoms with Crippen LogP contribution >= 0.6 is 0 Å².